The van der Waals surface area contributed by atoms with Crippen LogP contribution in [-0.4, -0.2) is 62.8 Å². The van der Waals surface area contributed by atoms with E-state index in [9.17, 15) is 33.1 Å². The number of nitrogens with zero attached hydrogens (tertiary/aromatic N) is 2. The Balaban J connectivity index is 1.47. The molecule has 246 valence electrons. The second-order valence-corrected chi connectivity index (χ2v) is 13.2. The van der Waals surface area contributed by atoms with Crippen molar-refractivity contribution < 1.29 is 37.8 Å². The number of para-hydroxylation sites is 1. The molecule has 2 aliphatic rings. The van der Waals surface area contributed by atoms with Crippen LogP contribution in [0.4, 0.5) is 13.6 Å². The van der Waals surface area contributed by atoms with Crippen LogP contribution >= 0.6 is 0 Å². The van der Waals surface area contributed by atoms with E-state index in [1.165, 1.54) is 23.1 Å². The molecule has 46 heavy (non-hydrogen) atoms. The Morgan fingerprint density at radius 3 is 2.28 bits per heavy atom. The zero-order chi connectivity index (χ0) is 33.3. The van der Waals surface area contributed by atoms with E-state index < -0.39 is 66.1 Å². The topological polar surface area (TPSA) is 144 Å². The maximum atomic E-state index is 14.5. The van der Waals surface area contributed by atoms with Gasteiger partial charge in [-0.25, -0.2) is 18.4 Å². The van der Waals surface area contributed by atoms with Crippen molar-refractivity contribution in [1.29, 1.82) is 0 Å². The number of nitrogens with two attached hydrogens (primary N) is 1. The van der Waals surface area contributed by atoms with Crippen molar-refractivity contribution in [3.8, 4) is 0 Å². The molecular weight excluding hydrogens is 598 g/mol. The maximum Gasteiger partial charge on any atom is 0.407 e. The van der Waals surface area contributed by atoms with Crippen LogP contribution in [0.1, 0.15) is 81.0 Å². The SMILES string of the molecule is CC(C)(C)OC(=O)NC(CF)C1CCC(C(=O)N2C(n3c(C(=O)O)cc4ccccc43)C[C@@H](c3ccc(F)cc3)[C@H]2C(N)=O)CC1. The van der Waals surface area contributed by atoms with Gasteiger partial charge in [-0.1, -0.05) is 30.3 Å². The summed E-state index contributed by atoms with van der Waals surface area (Å²) in [4.78, 5) is 53.9. The molecule has 3 aromatic rings. The van der Waals surface area contributed by atoms with Gasteiger partial charge in [-0.15, -0.1) is 0 Å². The highest BCUT2D eigenvalue weighted by atomic mass is 19.1. The Morgan fingerprint density at radius 2 is 1.70 bits per heavy atom. The maximum absolute atomic E-state index is 14.5. The standard InChI is InChI=1S/C34H40F2N4O6/c1-34(2,3)46-33(45)38-25(18-35)20-8-10-21(11-9-20)31(42)40-28(39-26-7-5-4-6-22(26)16-27(39)32(43)44)17-24(29(40)30(37)41)19-12-14-23(36)15-13-19/h4-7,12-16,20-21,24-25,28-29H,8-11,17-18H2,1-3H3,(H2,37,41)(H,38,45)(H,43,44)/t20?,21?,24-,25?,28?,29-/m0/s1. The molecule has 5 rings (SSSR count). The van der Waals surface area contributed by atoms with Gasteiger partial charge in [-0.2, -0.15) is 0 Å². The van der Waals surface area contributed by atoms with E-state index in [4.69, 9.17) is 10.5 Å². The minimum Gasteiger partial charge on any atom is -0.477 e. The number of amides is 3. The van der Waals surface area contributed by atoms with Crippen molar-refractivity contribution in [2.24, 2.45) is 17.6 Å². The van der Waals surface area contributed by atoms with Gasteiger partial charge in [-0.3, -0.25) is 9.59 Å². The first-order valence-electron chi connectivity index (χ1n) is 15.5. The number of primary amides is 1. The van der Waals surface area contributed by atoms with Gasteiger partial charge in [0, 0.05) is 17.2 Å². The lowest BCUT2D eigenvalue weighted by molar-refractivity contribution is -0.146. The lowest BCUT2D eigenvalue weighted by atomic mass is 9.78. The molecule has 2 fully saturated rings. The zero-order valence-electron chi connectivity index (χ0n) is 26.1. The van der Waals surface area contributed by atoms with Gasteiger partial charge in [0.25, 0.3) is 0 Å². The first-order valence-corrected chi connectivity index (χ1v) is 15.5. The molecule has 10 nitrogen and oxygen atoms in total. The number of rotatable bonds is 8. The molecule has 0 bridgehead atoms. The molecule has 3 amide bonds. The van der Waals surface area contributed by atoms with Gasteiger partial charge in [0.1, 0.15) is 36.0 Å². The van der Waals surface area contributed by atoms with E-state index in [2.05, 4.69) is 5.32 Å². The van der Waals surface area contributed by atoms with Crippen LogP contribution in [0.3, 0.4) is 0 Å². The lowest BCUT2D eigenvalue weighted by Crippen LogP contribution is -2.51. The van der Waals surface area contributed by atoms with Gasteiger partial charge in [0.05, 0.1) is 11.6 Å². The number of carbonyl (C=O) groups is 4. The van der Waals surface area contributed by atoms with Gasteiger partial charge in [-0.05, 0) is 88.6 Å². The fourth-order valence-corrected chi connectivity index (χ4v) is 7.11. The smallest absolute Gasteiger partial charge is 0.407 e. The van der Waals surface area contributed by atoms with Crippen molar-refractivity contribution >= 4 is 34.8 Å². The fourth-order valence-electron chi connectivity index (χ4n) is 7.11. The molecule has 1 saturated heterocycles. The van der Waals surface area contributed by atoms with Crippen LogP contribution in [0.5, 0.6) is 0 Å². The predicted molar refractivity (Wildman–Crippen MR) is 166 cm³/mol. The summed E-state index contributed by atoms with van der Waals surface area (Å²) in [5, 5.41) is 13.5. The molecular formula is C34H40F2N4O6. The van der Waals surface area contributed by atoms with Crippen LogP contribution in [0.2, 0.25) is 0 Å². The molecule has 2 heterocycles. The Kier molecular flexibility index (Phi) is 9.37. The molecule has 4 atom stereocenters. The molecule has 0 spiro atoms. The van der Waals surface area contributed by atoms with Gasteiger partial charge >= 0.3 is 12.1 Å². The summed E-state index contributed by atoms with van der Waals surface area (Å²) in [7, 11) is 0. The normalized spacial score (nSPS) is 24.0. The molecule has 2 aromatic carbocycles. The van der Waals surface area contributed by atoms with Gasteiger partial charge in [0.15, 0.2) is 0 Å². The third-order valence-corrected chi connectivity index (χ3v) is 9.13. The van der Waals surface area contributed by atoms with E-state index in [1.54, 1.807) is 61.7 Å². The highest BCUT2D eigenvalue weighted by molar-refractivity contribution is 5.95. The van der Waals surface area contributed by atoms with Crippen molar-refractivity contribution in [1.82, 2.24) is 14.8 Å². The van der Waals surface area contributed by atoms with E-state index in [1.807, 2.05) is 0 Å². The third kappa shape index (κ3) is 6.70. The number of benzene rings is 2. The van der Waals surface area contributed by atoms with Crippen LogP contribution in [0.15, 0.2) is 54.6 Å². The summed E-state index contributed by atoms with van der Waals surface area (Å²) in [5.74, 6) is -4.18. The number of alkyl halides is 1. The second kappa shape index (κ2) is 13.1. The van der Waals surface area contributed by atoms with E-state index in [0.717, 1.165) is 0 Å². The minimum atomic E-state index is -1.19. The fraction of sp³-hybridized carbons (Fsp3) is 0.471. The Hall–Kier alpha value is -4.48. The number of ether oxygens (including phenoxy) is 1. The number of carbonyl (C=O) groups excluding carboxylic acids is 3. The lowest BCUT2D eigenvalue weighted by Gasteiger charge is -2.38. The number of alkyl carbamates (subject to hydrolysis) is 1. The molecule has 2 unspecified atom stereocenters. The number of aromatic carboxylic acids is 1. The predicted octanol–water partition coefficient (Wildman–Crippen LogP) is 5.52. The molecule has 4 N–H and O–H groups in total. The Morgan fingerprint density at radius 1 is 1.04 bits per heavy atom. The second-order valence-electron chi connectivity index (χ2n) is 13.2. The van der Waals surface area contributed by atoms with Crippen LogP contribution < -0.4 is 11.1 Å². The highest BCUT2D eigenvalue weighted by Gasteiger charge is 2.51. The Labute approximate surface area is 265 Å². The van der Waals surface area contributed by atoms with Crippen molar-refractivity contribution in [2.45, 2.75) is 82.6 Å². The van der Waals surface area contributed by atoms with Crippen LogP contribution in [-0.2, 0) is 14.3 Å². The number of halogens is 2. The summed E-state index contributed by atoms with van der Waals surface area (Å²) < 4.78 is 34.8. The largest absolute Gasteiger partial charge is 0.477 e. The summed E-state index contributed by atoms with van der Waals surface area (Å²) in [6.45, 7) is 4.36. The summed E-state index contributed by atoms with van der Waals surface area (Å²) >= 11 is 0. The molecule has 0 radical (unpaired) electrons. The van der Waals surface area contributed by atoms with Crippen molar-refractivity contribution in [2.75, 3.05) is 6.67 Å². The van der Waals surface area contributed by atoms with Gasteiger partial charge < -0.3 is 30.4 Å². The molecule has 1 aliphatic heterocycles. The van der Waals surface area contributed by atoms with E-state index >= 15 is 0 Å². The molecule has 1 aliphatic carbocycles. The number of likely N-dealkylation sites (tertiary alicyclic amines) is 1. The number of hydrogen-bond donors (Lipinski definition) is 3. The number of fused-ring (bicyclic) bond motifs is 1. The third-order valence-electron chi connectivity index (χ3n) is 9.13. The number of carboxylic acid groups (broad SMARTS) is 1. The highest BCUT2D eigenvalue weighted by Crippen LogP contribution is 2.47. The average Bonchev–Trinajstić information content (AvgIpc) is 3.58. The Bertz CT molecular complexity index is 1610. The summed E-state index contributed by atoms with van der Waals surface area (Å²) in [6.07, 6.45) is 0.189. The van der Waals surface area contributed by atoms with Crippen LogP contribution in [0.25, 0.3) is 10.9 Å². The number of aromatic nitrogens is 1. The van der Waals surface area contributed by atoms with Gasteiger partial charge in [0.2, 0.25) is 11.8 Å². The first-order chi connectivity index (χ1) is 21.8. The quantitative estimate of drug-likeness (QED) is 0.297. The average molecular weight is 639 g/mol. The van der Waals surface area contributed by atoms with E-state index in [0.29, 0.717) is 42.1 Å². The van der Waals surface area contributed by atoms with Crippen LogP contribution in [0, 0.1) is 17.7 Å². The van der Waals surface area contributed by atoms with Crippen molar-refractivity contribution in [3.05, 3.63) is 71.7 Å². The molecule has 1 aromatic heterocycles. The monoisotopic (exact) mass is 638 g/mol. The zero-order valence-corrected chi connectivity index (χ0v) is 26.1. The molecule has 12 heteroatoms. The number of hydrogen-bond acceptors (Lipinski definition) is 5. The summed E-state index contributed by atoms with van der Waals surface area (Å²) in [5.41, 5.74) is 6.37. The minimum absolute atomic E-state index is 0.0466. The number of nitrogens with one attached hydrogen (secondary N) is 1. The molecule has 1 saturated carbocycles. The first kappa shape index (κ1) is 32.9. The summed E-state index contributed by atoms with van der Waals surface area (Å²) in [6, 6.07) is 12.3. The van der Waals surface area contributed by atoms with E-state index in [-0.39, 0.29) is 23.9 Å². The number of carboxylic acids is 1. The van der Waals surface area contributed by atoms with Crippen molar-refractivity contribution in [3.63, 3.8) is 0 Å².